The van der Waals surface area contributed by atoms with Crippen LogP contribution in [0.2, 0.25) is 0 Å². The maximum absolute atomic E-state index is 5.81. The van der Waals surface area contributed by atoms with Gasteiger partial charge in [0.15, 0.2) is 0 Å². The zero-order chi connectivity index (χ0) is 11.0. The number of aliphatic imine (C=N–C) groups is 1. The molecule has 2 N–H and O–H groups in total. The standard InChI is InChI=1S/C13H16N2O/c14-9-13(5-6-13)11-3-1-10(2-4-11)12-15-7-8-16-12/h1-4H,5-9,14H2. The fraction of sp³-hybridized carbons (Fsp3) is 0.462. The van der Waals surface area contributed by atoms with E-state index in [0.29, 0.717) is 6.61 Å². The Morgan fingerprint density at radius 3 is 2.50 bits per heavy atom. The maximum Gasteiger partial charge on any atom is 0.216 e. The third-order valence-electron chi connectivity index (χ3n) is 3.57. The van der Waals surface area contributed by atoms with Gasteiger partial charge in [-0.05, 0) is 30.5 Å². The molecule has 3 heteroatoms. The molecular weight excluding hydrogens is 200 g/mol. The monoisotopic (exact) mass is 216 g/mol. The molecule has 1 aromatic carbocycles. The Bertz CT molecular complexity index is 418. The molecule has 0 spiro atoms. The Kier molecular flexibility index (Phi) is 2.21. The van der Waals surface area contributed by atoms with Gasteiger partial charge in [-0.2, -0.15) is 0 Å². The lowest BCUT2D eigenvalue weighted by Gasteiger charge is -2.13. The van der Waals surface area contributed by atoms with Crippen LogP contribution in [-0.4, -0.2) is 25.6 Å². The largest absolute Gasteiger partial charge is 0.476 e. The zero-order valence-corrected chi connectivity index (χ0v) is 9.28. The summed E-state index contributed by atoms with van der Waals surface area (Å²) < 4.78 is 5.43. The summed E-state index contributed by atoms with van der Waals surface area (Å²) >= 11 is 0. The van der Waals surface area contributed by atoms with Crippen LogP contribution < -0.4 is 5.73 Å². The third kappa shape index (κ3) is 1.52. The van der Waals surface area contributed by atoms with E-state index >= 15 is 0 Å². The summed E-state index contributed by atoms with van der Waals surface area (Å²) in [6.45, 7) is 2.25. The van der Waals surface area contributed by atoms with E-state index < -0.39 is 0 Å². The second-order valence-electron chi connectivity index (χ2n) is 4.60. The average Bonchev–Trinajstić information content (AvgIpc) is 2.96. The minimum Gasteiger partial charge on any atom is -0.476 e. The topological polar surface area (TPSA) is 47.6 Å². The van der Waals surface area contributed by atoms with Gasteiger partial charge in [0.05, 0.1) is 6.54 Å². The summed E-state index contributed by atoms with van der Waals surface area (Å²) in [6, 6.07) is 8.52. The number of nitrogens with two attached hydrogens (primary N) is 1. The first-order valence-electron chi connectivity index (χ1n) is 5.82. The molecule has 1 heterocycles. The Balaban J connectivity index is 1.85. The molecule has 0 saturated heterocycles. The molecule has 0 radical (unpaired) electrons. The maximum atomic E-state index is 5.81. The SMILES string of the molecule is NCC1(c2ccc(C3=NCCO3)cc2)CC1. The summed E-state index contributed by atoms with van der Waals surface area (Å²) in [5, 5.41) is 0. The third-order valence-corrected chi connectivity index (χ3v) is 3.57. The van der Waals surface area contributed by atoms with Crippen molar-refractivity contribution in [2.75, 3.05) is 19.7 Å². The minimum absolute atomic E-state index is 0.275. The molecule has 3 nitrogen and oxygen atoms in total. The van der Waals surface area contributed by atoms with E-state index in [1.807, 2.05) is 0 Å². The highest BCUT2D eigenvalue weighted by atomic mass is 16.5. The summed E-state index contributed by atoms with van der Waals surface area (Å²) in [7, 11) is 0. The average molecular weight is 216 g/mol. The molecule has 0 unspecified atom stereocenters. The van der Waals surface area contributed by atoms with Crippen LogP contribution in [0.15, 0.2) is 29.3 Å². The van der Waals surface area contributed by atoms with Crippen LogP contribution in [0.1, 0.15) is 24.0 Å². The Morgan fingerprint density at radius 1 is 1.25 bits per heavy atom. The fourth-order valence-corrected chi connectivity index (χ4v) is 2.24. The lowest BCUT2D eigenvalue weighted by atomic mass is 9.95. The van der Waals surface area contributed by atoms with E-state index in [1.165, 1.54) is 18.4 Å². The normalized spacial score (nSPS) is 21.4. The van der Waals surface area contributed by atoms with Gasteiger partial charge >= 0.3 is 0 Å². The summed E-state index contributed by atoms with van der Waals surface area (Å²) in [5.74, 6) is 0.782. The van der Waals surface area contributed by atoms with Crippen LogP contribution in [0.5, 0.6) is 0 Å². The van der Waals surface area contributed by atoms with Crippen LogP contribution in [0.3, 0.4) is 0 Å². The lowest BCUT2D eigenvalue weighted by Crippen LogP contribution is -2.19. The Morgan fingerprint density at radius 2 is 2.00 bits per heavy atom. The first-order valence-corrected chi connectivity index (χ1v) is 5.82. The summed E-state index contributed by atoms with van der Waals surface area (Å²) in [5.41, 5.74) is 8.52. The van der Waals surface area contributed by atoms with Crippen molar-refractivity contribution in [2.45, 2.75) is 18.3 Å². The van der Waals surface area contributed by atoms with E-state index in [2.05, 4.69) is 29.3 Å². The quantitative estimate of drug-likeness (QED) is 0.831. The van der Waals surface area contributed by atoms with Crippen LogP contribution in [0.25, 0.3) is 0 Å². The highest BCUT2D eigenvalue weighted by molar-refractivity contribution is 5.94. The van der Waals surface area contributed by atoms with Crippen molar-refractivity contribution in [1.82, 2.24) is 0 Å². The number of nitrogens with zero attached hydrogens (tertiary/aromatic N) is 1. The van der Waals surface area contributed by atoms with Crippen LogP contribution in [0, 0.1) is 0 Å². The molecule has 0 aromatic heterocycles. The number of ether oxygens (including phenoxy) is 1. The zero-order valence-electron chi connectivity index (χ0n) is 9.28. The number of benzene rings is 1. The molecule has 1 aliphatic carbocycles. The van der Waals surface area contributed by atoms with Gasteiger partial charge in [-0.1, -0.05) is 12.1 Å². The van der Waals surface area contributed by atoms with E-state index in [-0.39, 0.29) is 5.41 Å². The first kappa shape index (κ1) is 9.85. The van der Waals surface area contributed by atoms with Gasteiger partial charge in [-0.15, -0.1) is 0 Å². The second kappa shape index (κ2) is 3.59. The Hall–Kier alpha value is -1.35. The van der Waals surface area contributed by atoms with Gasteiger partial charge in [0.1, 0.15) is 6.61 Å². The molecule has 2 aliphatic rings. The van der Waals surface area contributed by atoms with E-state index in [9.17, 15) is 0 Å². The van der Waals surface area contributed by atoms with Crippen LogP contribution in [0.4, 0.5) is 0 Å². The molecule has 0 atom stereocenters. The highest BCUT2D eigenvalue weighted by Gasteiger charge is 2.42. The number of hydrogen-bond donors (Lipinski definition) is 1. The van der Waals surface area contributed by atoms with Gasteiger partial charge in [0.2, 0.25) is 5.90 Å². The Labute approximate surface area is 95.3 Å². The molecular formula is C13H16N2O. The molecule has 1 saturated carbocycles. The van der Waals surface area contributed by atoms with Crippen molar-refractivity contribution in [2.24, 2.45) is 10.7 Å². The second-order valence-corrected chi connectivity index (χ2v) is 4.60. The predicted octanol–water partition coefficient (Wildman–Crippen LogP) is 1.45. The molecule has 0 bridgehead atoms. The van der Waals surface area contributed by atoms with E-state index in [1.54, 1.807) is 0 Å². The smallest absolute Gasteiger partial charge is 0.216 e. The van der Waals surface area contributed by atoms with Gasteiger partial charge in [0.25, 0.3) is 0 Å². The van der Waals surface area contributed by atoms with E-state index in [4.69, 9.17) is 10.5 Å². The first-order chi connectivity index (χ1) is 7.84. The predicted molar refractivity (Wildman–Crippen MR) is 63.8 cm³/mol. The number of rotatable bonds is 3. The lowest BCUT2D eigenvalue weighted by molar-refractivity contribution is 0.348. The molecule has 3 rings (SSSR count). The van der Waals surface area contributed by atoms with Gasteiger partial charge in [-0.25, -0.2) is 4.99 Å². The van der Waals surface area contributed by atoms with Gasteiger partial charge < -0.3 is 10.5 Å². The number of hydrogen-bond acceptors (Lipinski definition) is 3. The van der Waals surface area contributed by atoms with Crippen molar-refractivity contribution in [3.05, 3.63) is 35.4 Å². The van der Waals surface area contributed by atoms with Crippen molar-refractivity contribution in [3.63, 3.8) is 0 Å². The molecule has 84 valence electrons. The van der Waals surface area contributed by atoms with Crippen molar-refractivity contribution in [3.8, 4) is 0 Å². The van der Waals surface area contributed by atoms with Crippen molar-refractivity contribution >= 4 is 5.90 Å². The minimum atomic E-state index is 0.275. The molecule has 1 fully saturated rings. The fourth-order valence-electron chi connectivity index (χ4n) is 2.24. The molecule has 0 amide bonds. The van der Waals surface area contributed by atoms with E-state index in [0.717, 1.165) is 24.6 Å². The molecule has 16 heavy (non-hydrogen) atoms. The van der Waals surface area contributed by atoms with Gasteiger partial charge in [-0.3, -0.25) is 0 Å². The van der Waals surface area contributed by atoms with Crippen LogP contribution in [-0.2, 0) is 10.2 Å². The summed E-state index contributed by atoms with van der Waals surface area (Å²) in [6.07, 6.45) is 2.45. The highest BCUT2D eigenvalue weighted by Crippen LogP contribution is 2.47. The van der Waals surface area contributed by atoms with Gasteiger partial charge in [0, 0.05) is 17.5 Å². The molecule has 1 aliphatic heterocycles. The molecule has 1 aromatic rings. The van der Waals surface area contributed by atoms with Crippen molar-refractivity contribution in [1.29, 1.82) is 0 Å². The van der Waals surface area contributed by atoms with Crippen molar-refractivity contribution < 1.29 is 4.74 Å². The summed E-state index contributed by atoms with van der Waals surface area (Å²) in [4.78, 5) is 4.30. The van der Waals surface area contributed by atoms with Crippen LogP contribution >= 0.6 is 0 Å².